The number of aliphatic hydroxyl groups excluding tert-OH is 1. The lowest BCUT2D eigenvalue weighted by Gasteiger charge is -2.18. The van der Waals surface area contributed by atoms with Crippen LogP contribution in [0.2, 0.25) is 5.02 Å². The summed E-state index contributed by atoms with van der Waals surface area (Å²) in [5, 5.41) is 15.5. The average molecular weight is 478 g/mol. The van der Waals surface area contributed by atoms with Gasteiger partial charge in [0.2, 0.25) is 0 Å². The van der Waals surface area contributed by atoms with Gasteiger partial charge in [0, 0.05) is 47.5 Å². The van der Waals surface area contributed by atoms with Gasteiger partial charge < -0.3 is 19.7 Å². The highest BCUT2D eigenvalue weighted by Crippen LogP contribution is 2.24. The molecule has 0 radical (unpaired) electrons. The lowest BCUT2D eigenvalue weighted by Crippen LogP contribution is -2.32. The van der Waals surface area contributed by atoms with Gasteiger partial charge in [-0.1, -0.05) is 29.8 Å². The highest BCUT2D eigenvalue weighted by Gasteiger charge is 2.17. The SMILES string of the molecule is COC(=O)c1cc2cc(CC(C)NCC(O)c3cccc(Cl)c3)ccc2n1Cc1ccncc1. The Balaban J connectivity index is 1.48. The molecule has 4 aromatic rings. The zero-order chi connectivity index (χ0) is 24.1. The zero-order valence-electron chi connectivity index (χ0n) is 19.2. The highest BCUT2D eigenvalue weighted by molar-refractivity contribution is 6.30. The van der Waals surface area contributed by atoms with E-state index >= 15 is 0 Å². The molecule has 6 nitrogen and oxygen atoms in total. The van der Waals surface area contributed by atoms with E-state index in [1.54, 1.807) is 24.5 Å². The Morgan fingerprint density at radius 3 is 2.65 bits per heavy atom. The first-order valence-corrected chi connectivity index (χ1v) is 11.6. The van der Waals surface area contributed by atoms with Crippen molar-refractivity contribution in [3.05, 3.63) is 100 Å². The molecule has 0 aliphatic carbocycles. The Bertz CT molecular complexity index is 1270. The number of aromatic nitrogens is 2. The molecule has 0 saturated carbocycles. The first kappa shape index (κ1) is 24.0. The number of nitrogens with zero attached hydrogens (tertiary/aromatic N) is 2. The largest absolute Gasteiger partial charge is 0.464 e. The van der Waals surface area contributed by atoms with E-state index < -0.39 is 6.10 Å². The number of methoxy groups -OCH3 is 1. The van der Waals surface area contributed by atoms with Crippen molar-refractivity contribution in [3.63, 3.8) is 0 Å². The Morgan fingerprint density at radius 2 is 1.91 bits per heavy atom. The molecule has 0 aliphatic rings. The maximum Gasteiger partial charge on any atom is 0.354 e. The third kappa shape index (κ3) is 5.65. The number of aliphatic hydroxyl groups is 1. The molecule has 2 aromatic heterocycles. The molecule has 0 fully saturated rings. The molecule has 2 N–H and O–H groups in total. The van der Waals surface area contributed by atoms with Crippen LogP contribution in [0.3, 0.4) is 0 Å². The van der Waals surface area contributed by atoms with Crippen molar-refractivity contribution in [1.29, 1.82) is 0 Å². The molecule has 0 saturated heterocycles. The third-order valence-corrected chi connectivity index (χ3v) is 6.12. The summed E-state index contributed by atoms with van der Waals surface area (Å²) >= 11 is 6.03. The van der Waals surface area contributed by atoms with Crippen LogP contribution in [0.5, 0.6) is 0 Å². The lowest BCUT2D eigenvalue weighted by atomic mass is 10.0. The summed E-state index contributed by atoms with van der Waals surface area (Å²) in [7, 11) is 1.40. The number of hydrogen-bond donors (Lipinski definition) is 2. The minimum absolute atomic E-state index is 0.144. The van der Waals surface area contributed by atoms with Gasteiger partial charge >= 0.3 is 5.97 Å². The van der Waals surface area contributed by atoms with Crippen molar-refractivity contribution >= 4 is 28.5 Å². The third-order valence-electron chi connectivity index (χ3n) is 5.89. The van der Waals surface area contributed by atoms with E-state index in [1.165, 1.54) is 7.11 Å². The predicted octanol–water partition coefficient (Wildman–Crippen LogP) is 4.78. The fourth-order valence-electron chi connectivity index (χ4n) is 4.13. The molecule has 4 rings (SSSR count). The van der Waals surface area contributed by atoms with Crippen molar-refractivity contribution in [2.75, 3.05) is 13.7 Å². The van der Waals surface area contributed by atoms with E-state index in [0.717, 1.165) is 34.0 Å². The summed E-state index contributed by atoms with van der Waals surface area (Å²) in [5.41, 5.74) is 4.47. The number of hydrogen-bond acceptors (Lipinski definition) is 5. The average Bonchev–Trinajstić information content (AvgIpc) is 3.20. The van der Waals surface area contributed by atoms with Gasteiger partial charge in [-0.15, -0.1) is 0 Å². The van der Waals surface area contributed by atoms with E-state index in [2.05, 4.69) is 29.4 Å². The van der Waals surface area contributed by atoms with Crippen LogP contribution in [0.15, 0.2) is 73.1 Å². The van der Waals surface area contributed by atoms with Gasteiger partial charge in [-0.25, -0.2) is 4.79 Å². The molecule has 0 spiro atoms. The Kier molecular flexibility index (Phi) is 7.63. The van der Waals surface area contributed by atoms with Crippen LogP contribution in [0.4, 0.5) is 0 Å². The van der Waals surface area contributed by atoms with Crippen LogP contribution < -0.4 is 5.32 Å². The van der Waals surface area contributed by atoms with Crippen molar-refractivity contribution in [3.8, 4) is 0 Å². The number of pyridine rings is 1. The van der Waals surface area contributed by atoms with Crippen LogP contribution in [0, 0.1) is 0 Å². The first-order valence-electron chi connectivity index (χ1n) is 11.2. The van der Waals surface area contributed by atoms with E-state index in [-0.39, 0.29) is 12.0 Å². The first-order chi connectivity index (χ1) is 16.4. The van der Waals surface area contributed by atoms with Gasteiger partial charge in [-0.2, -0.15) is 0 Å². The van der Waals surface area contributed by atoms with E-state index in [9.17, 15) is 9.90 Å². The molecule has 176 valence electrons. The van der Waals surface area contributed by atoms with Crippen molar-refractivity contribution in [1.82, 2.24) is 14.9 Å². The predicted molar refractivity (Wildman–Crippen MR) is 134 cm³/mol. The second kappa shape index (κ2) is 10.8. The topological polar surface area (TPSA) is 76.4 Å². The number of rotatable bonds is 9. The summed E-state index contributed by atoms with van der Waals surface area (Å²) in [6.07, 6.45) is 3.64. The minimum atomic E-state index is -0.631. The van der Waals surface area contributed by atoms with Crippen LogP contribution >= 0.6 is 11.6 Å². The normalized spacial score (nSPS) is 13.1. The molecule has 0 amide bonds. The number of fused-ring (bicyclic) bond motifs is 1. The Labute approximate surface area is 204 Å². The van der Waals surface area contributed by atoms with Crippen LogP contribution in [-0.4, -0.2) is 40.3 Å². The molecule has 7 heteroatoms. The summed E-state index contributed by atoms with van der Waals surface area (Å²) in [6, 6.07) is 19.4. The van der Waals surface area contributed by atoms with Crippen LogP contribution in [0.1, 0.15) is 40.2 Å². The molecule has 2 atom stereocenters. The summed E-state index contributed by atoms with van der Waals surface area (Å²) in [6.45, 7) is 3.07. The molecule has 34 heavy (non-hydrogen) atoms. The zero-order valence-corrected chi connectivity index (χ0v) is 20.0. The molecule has 2 heterocycles. The smallest absolute Gasteiger partial charge is 0.354 e. The van der Waals surface area contributed by atoms with Crippen molar-refractivity contribution in [2.45, 2.75) is 32.0 Å². The minimum Gasteiger partial charge on any atom is -0.464 e. The molecule has 0 bridgehead atoms. The second-order valence-electron chi connectivity index (χ2n) is 8.44. The van der Waals surface area contributed by atoms with Gasteiger partial charge in [-0.3, -0.25) is 4.98 Å². The number of nitrogens with one attached hydrogen (secondary N) is 1. The van der Waals surface area contributed by atoms with Crippen molar-refractivity contribution in [2.24, 2.45) is 0 Å². The Hall–Kier alpha value is -3.19. The molecular weight excluding hydrogens is 450 g/mol. The fourth-order valence-corrected chi connectivity index (χ4v) is 4.33. The maximum atomic E-state index is 12.4. The van der Waals surface area contributed by atoms with Gasteiger partial charge in [0.1, 0.15) is 5.69 Å². The fraction of sp³-hybridized carbons (Fsp3) is 0.259. The maximum absolute atomic E-state index is 12.4. The molecule has 0 aliphatic heterocycles. The van der Waals surface area contributed by atoms with E-state index in [0.29, 0.717) is 23.8 Å². The number of ether oxygens (including phenoxy) is 1. The summed E-state index contributed by atoms with van der Waals surface area (Å²) in [4.78, 5) is 16.5. The van der Waals surface area contributed by atoms with Crippen LogP contribution in [0.25, 0.3) is 10.9 Å². The number of halogens is 1. The highest BCUT2D eigenvalue weighted by atomic mass is 35.5. The second-order valence-corrected chi connectivity index (χ2v) is 8.88. The van der Waals surface area contributed by atoms with Gasteiger partial charge in [0.15, 0.2) is 0 Å². The van der Waals surface area contributed by atoms with Crippen LogP contribution in [-0.2, 0) is 17.7 Å². The standard InChI is InChI=1S/C27H28ClN3O3/c1-18(30-16-26(32)21-4-3-5-23(28)14-21)12-20-6-7-24-22(13-20)15-25(27(33)34-2)31(24)17-19-8-10-29-11-9-19/h3-11,13-15,18,26,30,32H,12,16-17H2,1-2H3. The van der Waals surface area contributed by atoms with E-state index in [4.69, 9.17) is 16.3 Å². The molecule has 2 unspecified atom stereocenters. The van der Waals surface area contributed by atoms with Gasteiger partial charge in [-0.05, 0) is 72.5 Å². The van der Waals surface area contributed by atoms with Gasteiger partial charge in [0.25, 0.3) is 0 Å². The molecule has 2 aromatic carbocycles. The number of carbonyl (C=O) groups excluding carboxylic acids is 1. The number of esters is 1. The Morgan fingerprint density at radius 1 is 1.12 bits per heavy atom. The van der Waals surface area contributed by atoms with E-state index in [1.807, 2.05) is 41.0 Å². The lowest BCUT2D eigenvalue weighted by molar-refractivity contribution is 0.0589. The quantitative estimate of drug-likeness (QED) is 0.339. The number of benzene rings is 2. The summed E-state index contributed by atoms with van der Waals surface area (Å²) < 4.78 is 7.00. The monoisotopic (exact) mass is 477 g/mol. The molecular formula is C27H28ClN3O3. The summed E-state index contributed by atoms with van der Waals surface area (Å²) in [5.74, 6) is -0.364. The van der Waals surface area contributed by atoms with Gasteiger partial charge in [0.05, 0.1) is 13.2 Å². The number of carbonyl (C=O) groups is 1. The van der Waals surface area contributed by atoms with Crippen molar-refractivity contribution < 1.29 is 14.6 Å².